The fraction of sp³-hybridized carbons (Fsp3) is 0.750. The smallest absolute Gasteiger partial charge is 0.356 e. The molecule has 154 valence electrons. The summed E-state index contributed by atoms with van der Waals surface area (Å²) >= 11 is 0. The standard InChI is InChI=1S/C16H27N2O8P/c1-10(2)25-27(21,26-11(3)4)9-24-12-8-23-15(14(12)19)18-7-6-13(22-5)17-16(18)20/h6-7,10-12,14-15,19H,8-9H2,1-5H3/t12-,14-,15+/m0/s1. The van der Waals surface area contributed by atoms with Gasteiger partial charge in [-0.05, 0) is 27.7 Å². The zero-order chi connectivity index (χ0) is 20.2. The second kappa shape index (κ2) is 9.27. The van der Waals surface area contributed by atoms with Gasteiger partial charge >= 0.3 is 13.3 Å². The second-order valence-corrected chi connectivity index (χ2v) is 8.53. The molecule has 0 radical (unpaired) electrons. The number of methoxy groups -OCH3 is 1. The lowest BCUT2D eigenvalue weighted by Crippen LogP contribution is -2.36. The summed E-state index contributed by atoms with van der Waals surface area (Å²) in [5.74, 6) is 0.161. The fourth-order valence-electron chi connectivity index (χ4n) is 2.59. The summed E-state index contributed by atoms with van der Waals surface area (Å²) in [6, 6.07) is 1.48. The summed E-state index contributed by atoms with van der Waals surface area (Å²) in [7, 11) is -2.11. The van der Waals surface area contributed by atoms with Crippen molar-refractivity contribution < 1.29 is 32.9 Å². The number of ether oxygens (including phenoxy) is 3. The van der Waals surface area contributed by atoms with Crippen LogP contribution < -0.4 is 10.4 Å². The summed E-state index contributed by atoms with van der Waals surface area (Å²) in [5, 5.41) is 10.5. The van der Waals surface area contributed by atoms with Gasteiger partial charge in [0.2, 0.25) is 5.88 Å². The topological polar surface area (TPSA) is 118 Å². The van der Waals surface area contributed by atoms with Gasteiger partial charge in [0.05, 0.1) is 25.9 Å². The van der Waals surface area contributed by atoms with Crippen LogP contribution in [0.1, 0.15) is 33.9 Å². The lowest BCUT2D eigenvalue weighted by atomic mass is 10.2. The molecule has 2 rings (SSSR count). The van der Waals surface area contributed by atoms with Crippen molar-refractivity contribution in [1.29, 1.82) is 0 Å². The average Bonchev–Trinajstić information content (AvgIpc) is 2.92. The minimum Gasteiger partial charge on any atom is -0.481 e. The van der Waals surface area contributed by atoms with E-state index in [2.05, 4.69) is 4.98 Å². The van der Waals surface area contributed by atoms with Crippen LogP contribution in [0.15, 0.2) is 17.1 Å². The monoisotopic (exact) mass is 406 g/mol. The molecular formula is C16H27N2O8P. The maximum absolute atomic E-state index is 12.8. The molecule has 1 aromatic rings. The van der Waals surface area contributed by atoms with Crippen molar-refractivity contribution in [2.45, 2.75) is 58.3 Å². The summed E-state index contributed by atoms with van der Waals surface area (Å²) in [6.45, 7) is 6.96. The minimum absolute atomic E-state index is 0.00760. The second-order valence-electron chi connectivity index (χ2n) is 6.63. The van der Waals surface area contributed by atoms with Gasteiger partial charge in [-0.1, -0.05) is 0 Å². The molecule has 10 nitrogen and oxygen atoms in total. The molecule has 0 aliphatic carbocycles. The first-order chi connectivity index (χ1) is 12.6. The predicted molar refractivity (Wildman–Crippen MR) is 95.8 cm³/mol. The van der Waals surface area contributed by atoms with Crippen molar-refractivity contribution in [1.82, 2.24) is 9.55 Å². The van der Waals surface area contributed by atoms with Crippen LogP contribution >= 0.6 is 7.60 Å². The third-order valence-electron chi connectivity index (χ3n) is 3.58. The molecule has 0 bridgehead atoms. The summed E-state index contributed by atoms with van der Waals surface area (Å²) < 4.78 is 40.7. The van der Waals surface area contributed by atoms with E-state index >= 15 is 0 Å². The van der Waals surface area contributed by atoms with Gasteiger partial charge in [-0.2, -0.15) is 4.98 Å². The first-order valence-corrected chi connectivity index (χ1v) is 10.4. The van der Waals surface area contributed by atoms with Crippen molar-refractivity contribution in [2.75, 3.05) is 20.1 Å². The lowest BCUT2D eigenvalue weighted by Gasteiger charge is -2.25. The van der Waals surface area contributed by atoms with Gasteiger partial charge in [0.15, 0.2) is 6.23 Å². The molecule has 1 aliphatic heterocycles. The van der Waals surface area contributed by atoms with E-state index in [-0.39, 0.29) is 31.0 Å². The highest BCUT2D eigenvalue weighted by Crippen LogP contribution is 2.51. The molecule has 1 fully saturated rings. The number of aliphatic hydroxyl groups excluding tert-OH is 1. The Labute approximate surface area is 157 Å². The molecule has 3 atom stereocenters. The maximum Gasteiger partial charge on any atom is 0.356 e. The number of aliphatic hydroxyl groups is 1. The normalized spacial score (nSPS) is 23.3. The van der Waals surface area contributed by atoms with E-state index in [0.29, 0.717) is 0 Å². The molecule has 1 aliphatic rings. The van der Waals surface area contributed by atoms with Crippen molar-refractivity contribution in [3.63, 3.8) is 0 Å². The van der Waals surface area contributed by atoms with Crippen molar-refractivity contribution in [3.05, 3.63) is 22.7 Å². The van der Waals surface area contributed by atoms with E-state index in [9.17, 15) is 14.5 Å². The molecule has 0 amide bonds. The van der Waals surface area contributed by atoms with Crippen molar-refractivity contribution >= 4 is 7.60 Å². The van der Waals surface area contributed by atoms with Crippen molar-refractivity contribution in [3.8, 4) is 5.88 Å². The molecule has 27 heavy (non-hydrogen) atoms. The van der Waals surface area contributed by atoms with Crippen LogP contribution in [0.25, 0.3) is 0 Å². The molecule has 1 aromatic heterocycles. The Hall–Kier alpha value is -1.29. The molecule has 0 unspecified atom stereocenters. The Balaban J connectivity index is 2.05. The van der Waals surface area contributed by atoms with E-state index < -0.39 is 31.7 Å². The molecule has 11 heteroatoms. The van der Waals surface area contributed by atoms with Crippen LogP contribution in [-0.2, 0) is 23.1 Å². The minimum atomic E-state index is -3.51. The number of rotatable bonds is 9. The van der Waals surface area contributed by atoms with Gasteiger partial charge in [-0.3, -0.25) is 9.13 Å². The summed E-state index contributed by atoms with van der Waals surface area (Å²) in [5.41, 5.74) is -0.629. The summed E-state index contributed by atoms with van der Waals surface area (Å²) in [6.07, 6.45) is -2.50. The van der Waals surface area contributed by atoms with Crippen LogP contribution in [-0.4, -0.2) is 59.1 Å². The predicted octanol–water partition coefficient (Wildman–Crippen LogP) is 1.53. The quantitative estimate of drug-likeness (QED) is 0.609. The summed E-state index contributed by atoms with van der Waals surface area (Å²) in [4.78, 5) is 15.8. The first kappa shape index (κ1) is 22.0. The molecule has 1 N–H and O–H groups in total. The molecule has 2 heterocycles. The zero-order valence-electron chi connectivity index (χ0n) is 16.1. The van der Waals surface area contributed by atoms with Gasteiger partial charge in [0.1, 0.15) is 18.6 Å². The highest BCUT2D eigenvalue weighted by atomic mass is 31.2. The molecule has 1 saturated heterocycles. The molecular weight excluding hydrogens is 379 g/mol. The van der Waals surface area contributed by atoms with E-state index in [1.807, 2.05) is 0 Å². The van der Waals surface area contributed by atoms with Gasteiger partial charge in [-0.15, -0.1) is 0 Å². The van der Waals surface area contributed by atoms with Gasteiger partial charge in [-0.25, -0.2) is 4.79 Å². The molecule has 0 saturated carbocycles. The highest BCUT2D eigenvalue weighted by Gasteiger charge is 2.40. The zero-order valence-corrected chi connectivity index (χ0v) is 17.0. The van der Waals surface area contributed by atoms with Crippen LogP contribution in [0.2, 0.25) is 0 Å². The number of hydrogen-bond donors (Lipinski definition) is 1. The van der Waals surface area contributed by atoms with Gasteiger partial charge < -0.3 is 28.4 Å². The molecule has 0 spiro atoms. The van der Waals surface area contributed by atoms with Crippen LogP contribution in [0.5, 0.6) is 5.88 Å². The third-order valence-corrected chi connectivity index (χ3v) is 5.53. The Morgan fingerprint density at radius 2 is 1.96 bits per heavy atom. The van der Waals surface area contributed by atoms with Gasteiger partial charge in [0, 0.05) is 12.3 Å². The van der Waals surface area contributed by atoms with Gasteiger partial charge in [0.25, 0.3) is 0 Å². The van der Waals surface area contributed by atoms with Crippen LogP contribution in [0.3, 0.4) is 0 Å². The van der Waals surface area contributed by atoms with Crippen LogP contribution in [0.4, 0.5) is 0 Å². The Morgan fingerprint density at radius 1 is 1.33 bits per heavy atom. The number of aromatic nitrogens is 2. The van der Waals surface area contributed by atoms with E-state index in [1.165, 1.54) is 19.4 Å². The average molecular weight is 406 g/mol. The SMILES string of the molecule is COc1ccn([C@@H]2OC[C@H](OCP(=O)(OC(C)C)OC(C)C)[C@@H]2O)c(=O)n1. The number of hydrogen-bond acceptors (Lipinski definition) is 9. The third kappa shape index (κ3) is 5.84. The Bertz CT molecular complexity index is 709. The van der Waals surface area contributed by atoms with E-state index in [1.54, 1.807) is 27.7 Å². The first-order valence-electron chi connectivity index (χ1n) is 8.65. The molecule has 0 aromatic carbocycles. The Morgan fingerprint density at radius 3 is 2.48 bits per heavy atom. The fourth-order valence-corrected chi connectivity index (χ4v) is 4.42. The van der Waals surface area contributed by atoms with Crippen molar-refractivity contribution in [2.24, 2.45) is 0 Å². The highest BCUT2D eigenvalue weighted by molar-refractivity contribution is 7.53. The number of nitrogens with zero attached hydrogens (tertiary/aromatic N) is 2. The van der Waals surface area contributed by atoms with E-state index in [0.717, 1.165) is 4.57 Å². The van der Waals surface area contributed by atoms with Crippen LogP contribution in [0, 0.1) is 0 Å². The largest absolute Gasteiger partial charge is 0.481 e. The maximum atomic E-state index is 12.8. The lowest BCUT2D eigenvalue weighted by molar-refractivity contribution is -0.0336. The van der Waals surface area contributed by atoms with E-state index in [4.69, 9.17) is 23.3 Å². The Kier molecular flexibility index (Phi) is 7.55.